The van der Waals surface area contributed by atoms with E-state index in [1.807, 2.05) is 60.7 Å². The van der Waals surface area contributed by atoms with E-state index in [1.165, 1.54) is 23.5 Å². The number of nitrogens with one attached hydrogen (secondary N) is 4. The Morgan fingerprint density at radius 2 is 1.73 bits per heavy atom. The molecule has 1 aliphatic heterocycles. The number of aromatic amines is 1. The van der Waals surface area contributed by atoms with Crippen LogP contribution in [0.3, 0.4) is 0 Å². The molecule has 0 spiro atoms. The van der Waals surface area contributed by atoms with Crippen LogP contribution in [0.5, 0.6) is 5.75 Å². The molecule has 0 saturated carbocycles. The minimum Gasteiger partial charge on any atom is -0.506 e. The number of ether oxygens (including phenoxy) is 1. The Morgan fingerprint density at radius 1 is 0.959 bits per heavy atom. The number of aromatic nitrogens is 1. The van der Waals surface area contributed by atoms with Crippen molar-refractivity contribution in [2.75, 3.05) is 38.0 Å². The summed E-state index contributed by atoms with van der Waals surface area (Å²) in [6, 6.07) is 27.3. The number of benzene rings is 3. The summed E-state index contributed by atoms with van der Waals surface area (Å²) in [6.07, 6.45) is -0.0476. The zero-order chi connectivity index (χ0) is 34.2. The van der Waals surface area contributed by atoms with E-state index in [-0.39, 0.29) is 35.4 Å². The first-order chi connectivity index (χ1) is 23.8. The fourth-order valence-corrected chi connectivity index (χ4v) is 6.90. The maximum Gasteiger partial charge on any atom is 0.411 e. The van der Waals surface area contributed by atoms with Crippen LogP contribution in [0.4, 0.5) is 10.5 Å². The van der Waals surface area contributed by atoms with E-state index in [4.69, 9.17) is 4.74 Å². The number of rotatable bonds is 12. The molecule has 6 N–H and O–H groups in total. The highest BCUT2D eigenvalue weighted by atomic mass is 32.1. The molecule has 49 heavy (non-hydrogen) atoms. The number of aromatic hydroxyl groups is 1. The normalized spacial score (nSPS) is 14.4. The van der Waals surface area contributed by atoms with Crippen LogP contribution in [0.2, 0.25) is 0 Å². The second-order valence-electron chi connectivity index (χ2n) is 11.9. The molecule has 1 fully saturated rings. The second-order valence-corrected chi connectivity index (χ2v) is 13.1. The number of phenolic OH excluding ortho intramolecular Hbond substituents is 1. The molecule has 254 valence electrons. The summed E-state index contributed by atoms with van der Waals surface area (Å²) in [5.74, 6) is -0.189. The number of amides is 2. The second kappa shape index (κ2) is 15.9. The van der Waals surface area contributed by atoms with E-state index in [9.17, 15) is 24.6 Å². The van der Waals surface area contributed by atoms with E-state index in [0.717, 1.165) is 41.9 Å². The van der Waals surface area contributed by atoms with Crippen LogP contribution in [0.1, 0.15) is 39.1 Å². The Hall–Kier alpha value is -5.01. The molecular formula is C37H39N5O6S. The molecule has 3 aromatic carbocycles. The lowest BCUT2D eigenvalue weighted by molar-refractivity contribution is 0.0587. The molecule has 12 heteroatoms. The maximum absolute atomic E-state index is 12.8. The van der Waals surface area contributed by atoms with E-state index < -0.39 is 12.2 Å². The first-order valence-electron chi connectivity index (χ1n) is 16.3. The molecule has 0 bridgehead atoms. The summed E-state index contributed by atoms with van der Waals surface area (Å²) in [7, 11) is 0. The Bertz CT molecular complexity index is 1950. The lowest BCUT2D eigenvalue weighted by Gasteiger charge is -2.31. The monoisotopic (exact) mass is 681 g/mol. The molecule has 0 aliphatic carbocycles. The smallest absolute Gasteiger partial charge is 0.411 e. The van der Waals surface area contributed by atoms with Crippen LogP contribution < -0.4 is 21.5 Å². The third-order valence-corrected chi connectivity index (χ3v) is 9.64. The van der Waals surface area contributed by atoms with Gasteiger partial charge in [0, 0.05) is 61.2 Å². The summed E-state index contributed by atoms with van der Waals surface area (Å²) in [5.41, 5.74) is 3.21. The van der Waals surface area contributed by atoms with E-state index in [1.54, 1.807) is 18.2 Å². The van der Waals surface area contributed by atoms with Crippen molar-refractivity contribution in [1.29, 1.82) is 0 Å². The number of anilines is 1. The number of pyridine rings is 1. The molecular weight excluding hydrogens is 643 g/mol. The lowest BCUT2D eigenvalue weighted by atomic mass is 10.0. The number of aliphatic hydroxyl groups excluding tert-OH is 1. The lowest BCUT2D eigenvalue weighted by Crippen LogP contribution is -2.42. The van der Waals surface area contributed by atoms with Gasteiger partial charge in [-0.1, -0.05) is 54.6 Å². The van der Waals surface area contributed by atoms with Gasteiger partial charge in [0.1, 0.15) is 11.9 Å². The van der Waals surface area contributed by atoms with Crippen LogP contribution in [-0.4, -0.2) is 70.9 Å². The van der Waals surface area contributed by atoms with Gasteiger partial charge in [-0.15, -0.1) is 11.3 Å². The number of nitrogens with zero attached hydrogens (tertiary/aromatic N) is 1. The molecule has 5 aromatic rings. The van der Waals surface area contributed by atoms with Crippen molar-refractivity contribution in [3.8, 4) is 16.9 Å². The molecule has 1 saturated heterocycles. The number of phenols is 1. The molecule has 0 radical (unpaired) electrons. The maximum atomic E-state index is 12.8. The zero-order valence-corrected chi connectivity index (χ0v) is 27.7. The van der Waals surface area contributed by atoms with Gasteiger partial charge in [-0.2, -0.15) is 0 Å². The number of fused-ring (bicyclic) bond motifs is 1. The average molecular weight is 682 g/mol. The quantitative estimate of drug-likeness (QED) is 0.105. The Labute approximate surface area is 287 Å². The topological polar surface area (TPSA) is 156 Å². The fraction of sp³-hybridized carbons (Fsp3) is 0.270. The predicted molar refractivity (Wildman–Crippen MR) is 191 cm³/mol. The minimum absolute atomic E-state index is 0.0566. The van der Waals surface area contributed by atoms with Crippen LogP contribution in [0, 0.1) is 0 Å². The Kier molecular flexibility index (Phi) is 11.0. The van der Waals surface area contributed by atoms with Crippen molar-refractivity contribution in [2.24, 2.45) is 0 Å². The molecule has 1 aliphatic rings. The van der Waals surface area contributed by atoms with Crippen LogP contribution in [-0.2, 0) is 11.3 Å². The van der Waals surface area contributed by atoms with Crippen LogP contribution >= 0.6 is 11.3 Å². The van der Waals surface area contributed by atoms with Crippen molar-refractivity contribution in [3.05, 3.63) is 117 Å². The number of H-pyrrole nitrogens is 1. The highest BCUT2D eigenvalue weighted by Gasteiger charge is 2.23. The standard InChI is InChI=1S/C37H39N5O6S/c43-31-13-11-28(29-12-15-34(45)41-35(29)31)32(44)23-38-22-26-10-14-33(49-26)36(46)39-18-21-42-19-16-25(17-20-42)48-37(47)40-30-9-5-4-8-27(30)24-6-2-1-3-7-24/h1-15,25,32,38,43-44H,16-23H2,(H,39,46)(H,40,47)(H,41,45)/t32-/m0/s1. The number of piperidine rings is 1. The van der Waals surface area contributed by atoms with Gasteiger partial charge in [0.2, 0.25) is 5.56 Å². The number of likely N-dealkylation sites (tertiary alicyclic amines) is 1. The van der Waals surface area contributed by atoms with Crippen molar-refractivity contribution < 1.29 is 24.5 Å². The van der Waals surface area contributed by atoms with Crippen LogP contribution in [0.15, 0.2) is 95.8 Å². The van der Waals surface area contributed by atoms with E-state index in [0.29, 0.717) is 41.1 Å². The molecule has 11 nitrogen and oxygen atoms in total. The first-order valence-corrected chi connectivity index (χ1v) is 17.1. The number of carbonyl (C=O) groups is 2. The van der Waals surface area contributed by atoms with Gasteiger partial charge in [-0.25, -0.2) is 4.79 Å². The van der Waals surface area contributed by atoms with Gasteiger partial charge < -0.3 is 35.5 Å². The third-order valence-electron chi connectivity index (χ3n) is 8.56. The van der Waals surface area contributed by atoms with Gasteiger partial charge in [0.15, 0.2) is 0 Å². The van der Waals surface area contributed by atoms with Crippen molar-refractivity contribution in [2.45, 2.75) is 31.6 Å². The summed E-state index contributed by atoms with van der Waals surface area (Å²) < 4.78 is 5.74. The van der Waals surface area contributed by atoms with Gasteiger partial charge in [0.25, 0.3) is 5.91 Å². The number of para-hydroxylation sites is 1. The minimum atomic E-state index is -0.868. The van der Waals surface area contributed by atoms with Gasteiger partial charge in [-0.05, 0) is 54.3 Å². The zero-order valence-electron chi connectivity index (χ0n) is 26.9. The van der Waals surface area contributed by atoms with Gasteiger partial charge >= 0.3 is 6.09 Å². The number of hydrogen-bond acceptors (Lipinski definition) is 9. The molecule has 2 aromatic heterocycles. The fourth-order valence-electron chi connectivity index (χ4n) is 6.00. The highest BCUT2D eigenvalue weighted by molar-refractivity contribution is 7.14. The first kappa shape index (κ1) is 33.9. The SMILES string of the molecule is O=C(Nc1ccccc1-c1ccccc1)OC1CCN(CCNC(=O)c2ccc(CNC[C@H](O)c3ccc(O)c4[nH]c(=O)ccc34)s2)CC1. The van der Waals surface area contributed by atoms with E-state index in [2.05, 4.69) is 25.8 Å². The van der Waals surface area contributed by atoms with E-state index >= 15 is 0 Å². The summed E-state index contributed by atoms with van der Waals surface area (Å²) in [6.45, 7) is 3.46. The average Bonchev–Trinajstić information content (AvgIpc) is 3.59. The number of aliphatic hydroxyl groups is 1. The molecule has 3 heterocycles. The van der Waals surface area contributed by atoms with Gasteiger partial charge in [0.05, 0.1) is 22.2 Å². The Balaban J connectivity index is 0.889. The van der Waals surface area contributed by atoms with Crippen molar-refractivity contribution in [3.63, 3.8) is 0 Å². The summed E-state index contributed by atoms with van der Waals surface area (Å²) >= 11 is 1.39. The number of hydrogen-bond donors (Lipinski definition) is 6. The van der Waals surface area contributed by atoms with Crippen molar-refractivity contribution >= 4 is 39.9 Å². The molecule has 1 atom stereocenters. The largest absolute Gasteiger partial charge is 0.506 e. The Morgan fingerprint density at radius 3 is 2.55 bits per heavy atom. The van der Waals surface area contributed by atoms with Gasteiger partial charge in [-0.3, -0.25) is 14.9 Å². The molecule has 0 unspecified atom stereocenters. The highest BCUT2D eigenvalue weighted by Crippen LogP contribution is 2.29. The molecule has 2 amide bonds. The van der Waals surface area contributed by atoms with Crippen LogP contribution in [0.25, 0.3) is 22.0 Å². The summed E-state index contributed by atoms with van der Waals surface area (Å²) in [4.78, 5) is 43.6. The summed E-state index contributed by atoms with van der Waals surface area (Å²) in [5, 5.41) is 30.6. The predicted octanol–water partition coefficient (Wildman–Crippen LogP) is 5.23. The third kappa shape index (κ3) is 8.72. The van der Waals surface area contributed by atoms with Crippen molar-refractivity contribution in [1.82, 2.24) is 20.5 Å². The number of carbonyl (C=O) groups excluding carboxylic acids is 2. The molecule has 6 rings (SSSR count). The number of thiophene rings is 1.